The molecule has 1 saturated heterocycles. The van der Waals surface area contributed by atoms with Crippen LogP contribution in [0.1, 0.15) is 16.8 Å². The van der Waals surface area contributed by atoms with E-state index in [1.54, 1.807) is 5.32 Å². The molecule has 1 aromatic rings. The molecule has 1 aliphatic heterocycles. The predicted molar refractivity (Wildman–Crippen MR) is 88.3 cm³/mol. The fourth-order valence-corrected chi connectivity index (χ4v) is 3.75. The predicted octanol–water partition coefficient (Wildman–Crippen LogP) is 1.38. The molecule has 0 unspecified atom stereocenters. The molecule has 0 saturated carbocycles. The van der Waals surface area contributed by atoms with E-state index in [0.29, 0.717) is 26.1 Å². The van der Waals surface area contributed by atoms with E-state index < -0.39 is 28.7 Å². The molecule has 1 aromatic carbocycles. The summed E-state index contributed by atoms with van der Waals surface area (Å²) in [7, 11) is -3.68. The van der Waals surface area contributed by atoms with Gasteiger partial charge in [0.05, 0.1) is 4.90 Å². The molecule has 1 amide bonds. The quantitative estimate of drug-likeness (QED) is 0.799. The number of carbonyl (C=O) groups is 1. The standard InChI is InChI=1S/C14H18F3N3O3S.ClH/c15-14(16,17)10-19-13(21)11-2-4-12(5-3-11)24(22,23)20-8-1-6-18-7-9-20;/h2-5,18H,1,6-10H2,(H,19,21);1H. The highest BCUT2D eigenvalue weighted by Crippen LogP contribution is 2.18. The number of nitrogens with zero attached hydrogens (tertiary/aromatic N) is 1. The van der Waals surface area contributed by atoms with Crippen LogP contribution in [0.5, 0.6) is 0 Å². The minimum Gasteiger partial charge on any atom is -0.343 e. The smallest absolute Gasteiger partial charge is 0.343 e. The maximum atomic E-state index is 12.5. The van der Waals surface area contributed by atoms with Crippen LogP contribution in [0, 0.1) is 0 Å². The van der Waals surface area contributed by atoms with Gasteiger partial charge in [-0.3, -0.25) is 4.79 Å². The van der Waals surface area contributed by atoms with Crippen LogP contribution in [-0.2, 0) is 10.0 Å². The third kappa shape index (κ3) is 6.14. The van der Waals surface area contributed by atoms with Crippen LogP contribution in [0.15, 0.2) is 29.2 Å². The molecule has 142 valence electrons. The number of nitrogens with one attached hydrogen (secondary N) is 2. The SMILES string of the molecule is Cl.O=C(NCC(F)(F)F)c1ccc(S(=O)(=O)N2CCCNCC2)cc1. The molecule has 2 N–H and O–H groups in total. The van der Waals surface area contributed by atoms with Crippen LogP contribution < -0.4 is 10.6 Å². The van der Waals surface area contributed by atoms with Gasteiger partial charge in [0, 0.05) is 25.2 Å². The molecule has 1 heterocycles. The Morgan fingerprint density at radius 3 is 2.40 bits per heavy atom. The average Bonchev–Trinajstić information content (AvgIpc) is 2.82. The van der Waals surface area contributed by atoms with Crippen LogP contribution in [-0.4, -0.2) is 57.5 Å². The van der Waals surface area contributed by atoms with Crippen molar-refractivity contribution in [2.45, 2.75) is 17.5 Å². The number of hydrogen-bond acceptors (Lipinski definition) is 4. The monoisotopic (exact) mass is 401 g/mol. The van der Waals surface area contributed by atoms with Crippen molar-refractivity contribution in [1.29, 1.82) is 0 Å². The zero-order chi connectivity index (χ0) is 17.8. The summed E-state index contributed by atoms with van der Waals surface area (Å²) in [5.41, 5.74) is -0.0317. The van der Waals surface area contributed by atoms with Gasteiger partial charge >= 0.3 is 6.18 Å². The number of alkyl halides is 3. The van der Waals surface area contributed by atoms with Crippen molar-refractivity contribution in [1.82, 2.24) is 14.9 Å². The first kappa shape index (κ1) is 21.7. The molecular formula is C14H19ClF3N3O3S. The highest BCUT2D eigenvalue weighted by Gasteiger charge is 2.28. The Balaban J connectivity index is 0.00000312. The number of amides is 1. The molecule has 0 spiro atoms. The van der Waals surface area contributed by atoms with E-state index in [-0.39, 0.29) is 22.9 Å². The van der Waals surface area contributed by atoms with Gasteiger partial charge in [-0.15, -0.1) is 12.4 Å². The number of halogens is 4. The van der Waals surface area contributed by atoms with Gasteiger partial charge in [-0.1, -0.05) is 0 Å². The first-order valence-corrected chi connectivity index (χ1v) is 8.80. The van der Waals surface area contributed by atoms with Crippen LogP contribution in [0.4, 0.5) is 13.2 Å². The molecule has 25 heavy (non-hydrogen) atoms. The number of benzene rings is 1. The van der Waals surface area contributed by atoms with Gasteiger partial charge < -0.3 is 10.6 Å². The van der Waals surface area contributed by atoms with Gasteiger partial charge in [-0.25, -0.2) is 8.42 Å². The Bertz CT molecular complexity index is 673. The second kappa shape index (κ2) is 8.84. The van der Waals surface area contributed by atoms with Crippen molar-refractivity contribution in [2.24, 2.45) is 0 Å². The maximum Gasteiger partial charge on any atom is 0.405 e. The van der Waals surface area contributed by atoms with Gasteiger partial charge in [-0.05, 0) is 37.2 Å². The highest BCUT2D eigenvalue weighted by atomic mass is 35.5. The normalized spacial score (nSPS) is 16.6. The topological polar surface area (TPSA) is 78.5 Å². The van der Waals surface area contributed by atoms with Crippen molar-refractivity contribution in [3.8, 4) is 0 Å². The number of carbonyl (C=O) groups excluding carboxylic acids is 1. The molecule has 0 aromatic heterocycles. The zero-order valence-corrected chi connectivity index (χ0v) is 14.8. The summed E-state index contributed by atoms with van der Waals surface area (Å²) >= 11 is 0. The van der Waals surface area contributed by atoms with Crippen LogP contribution >= 0.6 is 12.4 Å². The van der Waals surface area contributed by atoms with Crippen molar-refractivity contribution >= 4 is 28.3 Å². The Labute approximate surface area is 150 Å². The third-order valence-corrected chi connectivity index (χ3v) is 5.42. The van der Waals surface area contributed by atoms with E-state index in [0.717, 1.165) is 6.54 Å². The minimum atomic E-state index is -4.50. The Morgan fingerprint density at radius 2 is 1.80 bits per heavy atom. The van der Waals surface area contributed by atoms with Crippen molar-refractivity contribution in [3.63, 3.8) is 0 Å². The molecule has 1 fully saturated rings. The Hall–Kier alpha value is -1.36. The second-order valence-corrected chi connectivity index (χ2v) is 7.27. The fraction of sp³-hybridized carbons (Fsp3) is 0.500. The summed E-state index contributed by atoms with van der Waals surface area (Å²) in [5.74, 6) is -0.907. The van der Waals surface area contributed by atoms with E-state index in [9.17, 15) is 26.4 Å². The number of sulfonamides is 1. The first-order chi connectivity index (χ1) is 11.2. The lowest BCUT2D eigenvalue weighted by atomic mass is 10.2. The van der Waals surface area contributed by atoms with Gasteiger partial charge in [0.2, 0.25) is 10.0 Å². The molecular weight excluding hydrogens is 383 g/mol. The summed E-state index contributed by atoms with van der Waals surface area (Å²) in [6.45, 7) is 0.591. The lowest BCUT2D eigenvalue weighted by Gasteiger charge is -2.19. The van der Waals surface area contributed by atoms with Gasteiger partial charge in [0.25, 0.3) is 5.91 Å². The van der Waals surface area contributed by atoms with Gasteiger partial charge in [-0.2, -0.15) is 17.5 Å². The summed E-state index contributed by atoms with van der Waals surface area (Å²) in [6.07, 6.45) is -3.81. The lowest BCUT2D eigenvalue weighted by Crippen LogP contribution is -2.34. The minimum absolute atomic E-state index is 0. The average molecular weight is 402 g/mol. The molecule has 0 atom stereocenters. The van der Waals surface area contributed by atoms with Crippen molar-refractivity contribution in [3.05, 3.63) is 29.8 Å². The first-order valence-electron chi connectivity index (χ1n) is 7.36. The van der Waals surface area contributed by atoms with E-state index in [2.05, 4.69) is 5.32 Å². The molecule has 11 heteroatoms. The fourth-order valence-electron chi connectivity index (χ4n) is 2.27. The third-order valence-electron chi connectivity index (χ3n) is 3.50. The van der Waals surface area contributed by atoms with Crippen molar-refractivity contribution in [2.75, 3.05) is 32.7 Å². The molecule has 2 rings (SSSR count). The summed E-state index contributed by atoms with van der Waals surface area (Å²) < 4.78 is 62.7. The van der Waals surface area contributed by atoms with E-state index in [1.807, 2.05) is 0 Å². The van der Waals surface area contributed by atoms with E-state index >= 15 is 0 Å². The molecule has 0 aliphatic carbocycles. The van der Waals surface area contributed by atoms with Crippen LogP contribution in [0.25, 0.3) is 0 Å². The molecule has 0 radical (unpaired) electrons. The zero-order valence-electron chi connectivity index (χ0n) is 13.2. The molecule has 1 aliphatic rings. The molecule has 0 bridgehead atoms. The molecule has 6 nitrogen and oxygen atoms in total. The lowest BCUT2D eigenvalue weighted by molar-refractivity contribution is -0.123. The highest BCUT2D eigenvalue weighted by molar-refractivity contribution is 7.89. The summed E-state index contributed by atoms with van der Waals surface area (Å²) in [5, 5.41) is 4.84. The van der Waals surface area contributed by atoms with Crippen molar-refractivity contribution < 1.29 is 26.4 Å². The number of hydrogen-bond donors (Lipinski definition) is 2. The number of rotatable bonds is 4. The summed E-state index contributed by atoms with van der Waals surface area (Å²) in [4.78, 5) is 11.6. The Kier molecular flexibility index (Phi) is 7.66. The second-order valence-electron chi connectivity index (χ2n) is 5.33. The van der Waals surface area contributed by atoms with Gasteiger partial charge in [0.15, 0.2) is 0 Å². The van der Waals surface area contributed by atoms with Crippen LogP contribution in [0.3, 0.4) is 0 Å². The maximum absolute atomic E-state index is 12.5. The van der Waals surface area contributed by atoms with Crippen LogP contribution in [0.2, 0.25) is 0 Å². The van der Waals surface area contributed by atoms with E-state index in [1.165, 1.54) is 28.6 Å². The van der Waals surface area contributed by atoms with Gasteiger partial charge in [0.1, 0.15) is 6.54 Å². The largest absolute Gasteiger partial charge is 0.405 e. The summed E-state index contributed by atoms with van der Waals surface area (Å²) in [6, 6.07) is 4.87. The Morgan fingerprint density at radius 1 is 1.16 bits per heavy atom. The van der Waals surface area contributed by atoms with E-state index in [4.69, 9.17) is 0 Å².